The average Bonchev–Trinajstić information content (AvgIpc) is 2.37. The van der Waals surface area contributed by atoms with E-state index in [9.17, 15) is 13.2 Å². The third kappa shape index (κ3) is 5.38. The summed E-state index contributed by atoms with van der Waals surface area (Å²) in [5.74, 6) is 0.0926. The van der Waals surface area contributed by atoms with Crippen molar-refractivity contribution in [1.82, 2.24) is 5.32 Å². The molecule has 0 aliphatic carbocycles. The quantitative estimate of drug-likeness (QED) is 0.834. The Hall–Kier alpha value is -1.27. The third-order valence-corrected chi connectivity index (χ3v) is 3.13. The van der Waals surface area contributed by atoms with Gasteiger partial charge < -0.3 is 14.8 Å². The van der Waals surface area contributed by atoms with Crippen LogP contribution in [-0.4, -0.2) is 27.1 Å². The minimum atomic E-state index is -4.66. The predicted molar refractivity (Wildman–Crippen MR) is 70.6 cm³/mol. The summed E-state index contributed by atoms with van der Waals surface area (Å²) in [6, 6.07) is 6.01. The highest BCUT2D eigenvalue weighted by atomic mass is 19.4. The summed E-state index contributed by atoms with van der Waals surface area (Å²) in [6.07, 6.45) is -3.79. The Morgan fingerprint density at radius 2 is 1.80 bits per heavy atom. The smallest absolute Gasteiger partial charge is 0.406 e. The standard InChI is InChI=1S/C14H20F3NO2/c1-10(8-9-19-3)13(18-2)11-4-6-12(7-5-11)20-14(15,16)17/h4-7,10,13,18H,8-9H2,1-3H3. The van der Waals surface area contributed by atoms with Gasteiger partial charge in [0.2, 0.25) is 0 Å². The lowest BCUT2D eigenvalue weighted by atomic mass is 9.92. The summed E-state index contributed by atoms with van der Waals surface area (Å²) in [7, 11) is 3.47. The zero-order valence-corrected chi connectivity index (χ0v) is 11.8. The van der Waals surface area contributed by atoms with Crippen LogP contribution in [-0.2, 0) is 4.74 Å². The second kappa shape index (κ2) is 7.50. The number of halogens is 3. The van der Waals surface area contributed by atoms with Crippen LogP contribution in [0.1, 0.15) is 24.9 Å². The summed E-state index contributed by atoms with van der Waals surface area (Å²) in [5, 5.41) is 3.18. The average molecular weight is 291 g/mol. The van der Waals surface area contributed by atoms with Gasteiger partial charge in [0.15, 0.2) is 0 Å². The number of hydrogen-bond acceptors (Lipinski definition) is 3. The molecular weight excluding hydrogens is 271 g/mol. The van der Waals surface area contributed by atoms with Crippen molar-refractivity contribution < 1.29 is 22.6 Å². The molecule has 0 amide bonds. The van der Waals surface area contributed by atoms with E-state index in [0.717, 1.165) is 12.0 Å². The molecule has 0 spiro atoms. The van der Waals surface area contributed by atoms with Crippen LogP contribution in [0.3, 0.4) is 0 Å². The van der Waals surface area contributed by atoms with E-state index in [4.69, 9.17) is 4.74 Å². The fourth-order valence-corrected chi connectivity index (χ4v) is 2.13. The SMILES string of the molecule is CNC(c1ccc(OC(F)(F)F)cc1)C(C)CCOC. The lowest BCUT2D eigenvalue weighted by molar-refractivity contribution is -0.274. The van der Waals surface area contributed by atoms with Gasteiger partial charge in [-0.2, -0.15) is 0 Å². The molecule has 1 aromatic rings. The van der Waals surface area contributed by atoms with E-state index in [-0.39, 0.29) is 11.8 Å². The van der Waals surface area contributed by atoms with Crippen LogP contribution < -0.4 is 10.1 Å². The molecule has 1 N–H and O–H groups in total. The van der Waals surface area contributed by atoms with Gasteiger partial charge in [-0.25, -0.2) is 0 Å². The van der Waals surface area contributed by atoms with Crippen LogP contribution in [0.15, 0.2) is 24.3 Å². The number of benzene rings is 1. The minimum absolute atomic E-state index is 0.0603. The second-order valence-corrected chi connectivity index (χ2v) is 4.64. The van der Waals surface area contributed by atoms with Gasteiger partial charge in [0.05, 0.1) is 0 Å². The van der Waals surface area contributed by atoms with Gasteiger partial charge in [0, 0.05) is 19.8 Å². The minimum Gasteiger partial charge on any atom is -0.406 e. The molecular formula is C14H20F3NO2. The largest absolute Gasteiger partial charge is 0.573 e. The molecule has 2 unspecified atom stereocenters. The van der Waals surface area contributed by atoms with Crippen molar-refractivity contribution in [2.75, 3.05) is 20.8 Å². The van der Waals surface area contributed by atoms with E-state index >= 15 is 0 Å². The molecule has 0 saturated carbocycles. The predicted octanol–water partition coefficient (Wildman–Crippen LogP) is 3.52. The normalized spacial score (nSPS) is 14.9. The number of methoxy groups -OCH3 is 1. The molecule has 0 aliphatic heterocycles. The summed E-state index contributed by atoms with van der Waals surface area (Å²) < 4.78 is 45.2. The Kier molecular flexibility index (Phi) is 6.29. The Morgan fingerprint density at radius 1 is 1.20 bits per heavy atom. The summed E-state index contributed by atoms with van der Waals surface area (Å²) in [5.41, 5.74) is 0.922. The van der Waals surface area contributed by atoms with Crippen molar-refractivity contribution in [2.24, 2.45) is 5.92 Å². The highest BCUT2D eigenvalue weighted by molar-refractivity contribution is 5.29. The van der Waals surface area contributed by atoms with Crippen LogP contribution in [0.2, 0.25) is 0 Å². The first-order chi connectivity index (χ1) is 9.37. The van der Waals surface area contributed by atoms with E-state index in [1.54, 1.807) is 19.2 Å². The van der Waals surface area contributed by atoms with Crippen molar-refractivity contribution in [3.8, 4) is 5.75 Å². The molecule has 20 heavy (non-hydrogen) atoms. The lowest BCUT2D eigenvalue weighted by Gasteiger charge is -2.24. The maximum atomic E-state index is 12.1. The molecule has 1 aromatic carbocycles. The van der Waals surface area contributed by atoms with Crippen molar-refractivity contribution in [2.45, 2.75) is 25.7 Å². The summed E-state index contributed by atoms with van der Waals surface area (Å²) in [4.78, 5) is 0. The zero-order chi connectivity index (χ0) is 15.2. The molecule has 1 rings (SSSR count). The molecule has 0 aliphatic rings. The Balaban J connectivity index is 2.74. The second-order valence-electron chi connectivity index (χ2n) is 4.64. The maximum Gasteiger partial charge on any atom is 0.573 e. The van der Waals surface area contributed by atoms with E-state index in [2.05, 4.69) is 17.0 Å². The van der Waals surface area contributed by atoms with Gasteiger partial charge in [-0.3, -0.25) is 0 Å². The molecule has 6 heteroatoms. The van der Waals surface area contributed by atoms with Crippen LogP contribution in [0, 0.1) is 5.92 Å². The zero-order valence-electron chi connectivity index (χ0n) is 11.8. The molecule has 0 heterocycles. The van der Waals surface area contributed by atoms with Crippen molar-refractivity contribution >= 4 is 0 Å². The summed E-state index contributed by atoms with van der Waals surface area (Å²) in [6.45, 7) is 2.72. The molecule has 3 nitrogen and oxygen atoms in total. The van der Waals surface area contributed by atoms with Gasteiger partial charge in [0.25, 0.3) is 0 Å². The lowest BCUT2D eigenvalue weighted by Crippen LogP contribution is -2.24. The molecule has 0 fully saturated rings. The Morgan fingerprint density at radius 3 is 2.25 bits per heavy atom. The number of ether oxygens (including phenoxy) is 2. The molecule has 114 valence electrons. The maximum absolute atomic E-state index is 12.1. The Labute approximate surface area is 117 Å². The highest BCUT2D eigenvalue weighted by Gasteiger charge is 2.31. The van der Waals surface area contributed by atoms with Gasteiger partial charge in [-0.1, -0.05) is 19.1 Å². The molecule has 0 radical (unpaired) electrons. The highest BCUT2D eigenvalue weighted by Crippen LogP contribution is 2.28. The monoisotopic (exact) mass is 291 g/mol. The van der Waals surface area contributed by atoms with E-state index in [1.165, 1.54) is 12.1 Å². The van der Waals surface area contributed by atoms with E-state index < -0.39 is 6.36 Å². The molecule has 2 atom stereocenters. The van der Waals surface area contributed by atoms with Crippen molar-refractivity contribution in [3.05, 3.63) is 29.8 Å². The van der Waals surface area contributed by atoms with Crippen molar-refractivity contribution in [3.63, 3.8) is 0 Å². The van der Waals surface area contributed by atoms with Gasteiger partial charge in [-0.15, -0.1) is 13.2 Å². The fraction of sp³-hybridized carbons (Fsp3) is 0.571. The fourth-order valence-electron chi connectivity index (χ4n) is 2.13. The van der Waals surface area contributed by atoms with Crippen LogP contribution in [0.4, 0.5) is 13.2 Å². The molecule has 0 saturated heterocycles. The van der Waals surface area contributed by atoms with Gasteiger partial charge in [-0.05, 0) is 37.1 Å². The van der Waals surface area contributed by atoms with Crippen LogP contribution >= 0.6 is 0 Å². The number of nitrogens with one attached hydrogen (secondary N) is 1. The van der Waals surface area contributed by atoms with Crippen molar-refractivity contribution in [1.29, 1.82) is 0 Å². The Bertz CT molecular complexity index is 392. The van der Waals surface area contributed by atoms with Gasteiger partial charge >= 0.3 is 6.36 Å². The topological polar surface area (TPSA) is 30.5 Å². The van der Waals surface area contributed by atoms with Gasteiger partial charge in [0.1, 0.15) is 5.75 Å². The number of hydrogen-bond donors (Lipinski definition) is 1. The number of alkyl halides is 3. The first kappa shape index (κ1) is 16.8. The molecule has 0 aromatic heterocycles. The van der Waals surface area contributed by atoms with E-state index in [0.29, 0.717) is 12.5 Å². The van der Waals surface area contributed by atoms with Crippen LogP contribution in [0.5, 0.6) is 5.75 Å². The summed E-state index contributed by atoms with van der Waals surface area (Å²) >= 11 is 0. The first-order valence-corrected chi connectivity index (χ1v) is 6.39. The first-order valence-electron chi connectivity index (χ1n) is 6.39. The van der Waals surface area contributed by atoms with Crippen LogP contribution in [0.25, 0.3) is 0 Å². The van der Waals surface area contributed by atoms with E-state index in [1.807, 2.05) is 7.05 Å². The number of rotatable bonds is 7. The molecule has 0 bridgehead atoms. The third-order valence-electron chi connectivity index (χ3n) is 3.13.